The van der Waals surface area contributed by atoms with Crippen LogP contribution in [0.3, 0.4) is 0 Å². The monoisotopic (exact) mass is 547 g/mol. The summed E-state index contributed by atoms with van der Waals surface area (Å²) in [6.45, 7) is 6.06. The van der Waals surface area contributed by atoms with Crippen molar-refractivity contribution in [3.05, 3.63) is 84.5 Å². The normalized spacial score (nSPS) is 16.5. The van der Waals surface area contributed by atoms with Crippen LogP contribution < -0.4 is 5.32 Å². The summed E-state index contributed by atoms with van der Waals surface area (Å²) in [7, 11) is 0. The van der Waals surface area contributed by atoms with E-state index in [2.05, 4.69) is 81.6 Å². The fourth-order valence-corrected chi connectivity index (χ4v) is 4.92. The van der Waals surface area contributed by atoms with E-state index in [0.717, 1.165) is 33.9 Å². The standard InChI is InChI=1S/C23H19ClIN3OS/c1-13-10-16(15(3)28(13)18-7-4-6-17(25)12-18)11-21-22(29)27-23(30-21)26-20-9-5-8-19(24)14(20)2/h4-12H,1-3H3,(H,26,27,29)/b21-11+. The van der Waals surface area contributed by atoms with E-state index >= 15 is 0 Å². The largest absolute Gasteiger partial charge is 0.318 e. The zero-order valence-corrected chi connectivity index (χ0v) is 20.4. The summed E-state index contributed by atoms with van der Waals surface area (Å²) in [4.78, 5) is 17.7. The number of amides is 1. The second-order valence-electron chi connectivity index (χ2n) is 7.01. The van der Waals surface area contributed by atoms with Gasteiger partial charge in [0.25, 0.3) is 5.91 Å². The number of hydrogen-bond donors (Lipinski definition) is 1. The molecule has 1 amide bonds. The molecule has 1 aliphatic heterocycles. The van der Waals surface area contributed by atoms with Gasteiger partial charge in [-0.1, -0.05) is 23.7 Å². The van der Waals surface area contributed by atoms with E-state index in [0.29, 0.717) is 15.1 Å². The Kier molecular flexibility index (Phi) is 6.09. The minimum atomic E-state index is -0.141. The first-order valence-electron chi connectivity index (χ1n) is 9.33. The van der Waals surface area contributed by atoms with E-state index in [9.17, 15) is 4.79 Å². The van der Waals surface area contributed by atoms with Gasteiger partial charge in [0, 0.05) is 25.7 Å². The highest BCUT2D eigenvalue weighted by molar-refractivity contribution is 14.1. The number of nitrogens with zero attached hydrogens (tertiary/aromatic N) is 2. The maximum Gasteiger partial charge on any atom is 0.264 e. The van der Waals surface area contributed by atoms with Crippen molar-refractivity contribution in [1.29, 1.82) is 0 Å². The second kappa shape index (κ2) is 8.61. The minimum Gasteiger partial charge on any atom is -0.318 e. The van der Waals surface area contributed by atoms with Gasteiger partial charge >= 0.3 is 0 Å². The van der Waals surface area contributed by atoms with Crippen molar-refractivity contribution in [2.24, 2.45) is 4.99 Å². The Morgan fingerprint density at radius 2 is 1.90 bits per heavy atom. The number of halogens is 2. The number of amidine groups is 1. The topological polar surface area (TPSA) is 46.4 Å². The molecule has 0 saturated carbocycles. The third-order valence-corrected chi connectivity index (χ3v) is 6.93. The number of carbonyl (C=O) groups excluding carboxylic acids is 1. The van der Waals surface area contributed by atoms with Crippen LogP contribution in [-0.2, 0) is 4.79 Å². The summed E-state index contributed by atoms with van der Waals surface area (Å²) >= 11 is 9.84. The van der Waals surface area contributed by atoms with Gasteiger partial charge in [0.15, 0.2) is 5.17 Å². The van der Waals surface area contributed by atoms with Crippen molar-refractivity contribution >= 4 is 68.8 Å². The van der Waals surface area contributed by atoms with Crippen molar-refractivity contribution in [3.8, 4) is 5.69 Å². The first-order valence-corrected chi connectivity index (χ1v) is 11.6. The molecular formula is C23H19ClIN3OS. The van der Waals surface area contributed by atoms with Gasteiger partial charge in [0.05, 0.1) is 10.6 Å². The van der Waals surface area contributed by atoms with Crippen molar-refractivity contribution in [2.75, 3.05) is 0 Å². The Balaban J connectivity index is 1.66. The SMILES string of the molecule is Cc1c(Cl)cccc1N=C1NC(=O)/C(=C\c2cc(C)n(-c3cccc(I)c3)c2C)S1. The van der Waals surface area contributed by atoms with E-state index in [1.165, 1.54) is 15.3 Å². The predicted molar refractivity (Wildman–Crippen MR) is 135 cm³/mol. The second-order valence-corrected chi connectivity index (χ2v) is 9.69. The molecule has 152 valence electrons. The van der Waals surface area contributed by atoms with Crippen molar-refractivity contribution in [2.45, 2.75) is 20.8 Å². The van der Waals surface area contributed by atoms with Gasteiger partial charge in [0.1, 0.15) is 0 Å². The molecule has 0 radical (unpaired) electrons. The number of aryl methyl sites for hydroxylation is 1. The molecule has 0 atom stereocenters. The zero-order valence-electron chi connectivity index (χ0n) is 16.7. The van der Waals surface area contributed by atoms with Gasteiger partial charge in [-0.2, -0.15) is 0 Å². The minimum absolute atomic E-state index is 0.141. The van der Waals surface area contributed by atoms with E-state index in [-0.39, 0.29) is 5.91 Å². The highest BCUT2D eigenvalue weighted by atomic mass is 127. The van der Waals surface area contributed by atoms with E-state index in [1.807, 2.05) is 31.2 Å². The fourth-order valence-electron chi connectivity index (χ4n) is 3.39. The van der Waals surface area contributed by atoms with Crippen molar-refractivity contribution in [1.82, 2.24) is 9.88 Å². The number of thioether (sulfide) groups is 1. The smallest absolute Gasteiger partial charge is 0.264 e. The third kappa shape index (κ3) is 4.22. The van der Waals surface area contributed by atoms with Gasteiger partial charge in [0.2, 0.25) is 0 Å². The van der Waals surface area contributed by atoms with Crippen LogP contribution in [0.2, 0.25) is 5.02 Å². The Bertz CT molecular complexity index is 1230. The molecule has 2 heterocycles. The molecular weight excluding hydrogens is 529 g/mol. The first-order chi connectivity index (χ1) is 14.3. The molecule has 4 nitrogen and oxygen atoms in total. The molecule has 3 aromatic rings. The molecule has 1 saturated heterocycles. The lowest BCUT2D eigenvalue weighted by atomic mass is 10.2. The van der Waals surface area contributed by atoms with Gasteiger partial charge in [-0.15, -0.1) is 0 Å². The Morgan fingerprint density at radius 1 is 1.13 bits per heavy atom. The van der Waals surface area contributed by atoms with Crippen LogP contribution >= 0.6 is 46.0 Å². The van der Waals surface area contributed by atoms with Crippen LogP contribution in [0, 0.1) is 24.3 Å². The molecule has 0 unspecified atom stereocenters. The predicted octanol–water partition coefficient (Wildman–Crippen LogP) is 6.55. The fraction of sp³-hybridized carbons (Fsp3) is 0.130. The molecule has 4 rings (SSSR count). The van der Waals surface area contributed by atoms with Gasteiger partial charge in [-0.25, -0.2) is 4.99 Å². The molecule has 0 aliphatic carbocycles. The number of aliphatic imine (C=N–C) groups is 1. The van der Waals surface area contributed by atoms with Gasteiger partial charge in [-0.05, 0) is 109 Å². The summed E-state index contributed by atoms with van der Waals surface area (Å²) in [5.41, 5.74) is 5.98. The van der Waals surface area contributed by atoms with Crippen LogP contribution in [0.4, 0.5) is 5.69 Å². The number of carbonyl (C=O) groups is 1. The molecule has 7 heteroatoms. The zero-order chi connectivity index (χ0) is 21.4. The summed E-state index contributed by atoms with van der Waals surface area (Å²) < 4.78 is 3.39. The summed E-state index contributed by atoms with van der Waals surface area (Å²) in [6, 6.07) is 16.0. The van der Waals surface area contributed by atoms with Crippen molar-refractivity contribution < 1.29 is 4.79 Å². The molecule has 1 N–H and O–H groups in total. The number of rotatable bonds is 3. The summed E-state index contributed by atoms with van der Waals surface area (Å²) in [6.07, 6.45) is 1.93. The van der Waals surface area contributed by atoms with E-state index < -0.39 is 0 Å². The molecule has 30 heavy (non-hydrogen) atoms. The molecule has 1 fully saturated rings. The summed E-state index contributed by atoms with van der Waals surface area (Å²) in [5.74, 6) is -0.141. The molecule has 0 spiro atoms. The molecule has 1 aliphatic rings. The maximum atomic E-state index is 12.5. The van der Waals surface area contributed by atoms with Gasteiger partial charge in [-0.3, -0.25) is 4.79 Å². The van der Waals surface area contributed by atoms with Crippen LogP contribution in [-0.4, -0.2) is 15.6 Å². The third-order valence-electron chi connectivity index (χ3n) is 4.94. The highest BCUT2D eigenvalue weighted by Gasteiger charge is 2.25. The average molecular weight is 548 g/mol. The highest BCUT2D eigenvalue weighted by Crippen LogP contribution is 2.32. The van der Waals surface area contributed by atoms with Crippen LogP contribution in [0.15, 0.2) is 58.4 Å². The maximum absolute atomic E-state index is 12.5. The lowest BCUT2D eigenvalue weighted by Crippen LogP contribution is -2.19. The van der Waals surface area contributed by atoms with Crippen LogP contribution in [0.5, 0.6) is 0 Å². The number of nitrogens with one attached hydrogen (secondary N) is 1. The lowest BCUT2D eigenvalue weighted by Gasteiger charge is -2.10. The quantitative estimate of drug-likeness (QED) is 0.298. The van der Waals surface area contributed by atoms with Crippen molar-refractivity contribution in [3.63, 3.8) is 0 Å². The Labute approximate surface area is 198 Å². The number of aromatic nitrogens is 1. The molecule has 1 aromatic heterocycles. The molecule has 0 bridgehead atoms. The lowest BCUT2D eigenvalue weighted by molar-refractivity contribution is -0.115. The summed E-state index contributed by atoms with van der Waals surface area (Å²) in [5, 5.41) is 4.07. The van der Waals surface area contributed by atoms with Crippen LogP contribution in [0.25, 0.3) is 11.8 Å². The van der Waals surface area contributed by atoms with Crippen LogP contribution in [0.1, 0.15) is 22.5 Å². The Morgan fingerprint density at radius 3 is 2.67 bits per heavy atom. The number of hydrogen-bond acceptors (Lipinski definition) is 3. The Hall–Kier alpha value is -2.03. The van der Waals surface area contributed by atoms with E-state index in [1.54, 1.807) is 0 Å². The average Bonchev–Trinajstić information content (AvgIpc) is 3.17. The molecule has 2 aromatic carbocycles. The van der Waals surface area contributed by atoms with E-state index in [4.69, 9.17) is 11.6 Å². The number of benzene rings is 2. The van der Waals surface area contributed by atoms with Gasteiger partial charge < -0.3 is 9.88 Å². The first kappa shape index (κ1) is 21.2.